The number of hydrogen-bond acceptors (Lipinski definition) is 3. The summed E-state index contributed by atoms with van der Waals surface area (Å²) in [6.07, 6.45) is 1.50. The van der Waals surface area contributed by atoms with Crippen LogP contribution in [0.15, 0.2) is 0 Å². The second-order valence-corrected chi connectivity index (χ2v) is 3.29. The first-order valence-electron chi connectivity index (χ1n) is 4.80. The zero-order valence-corrected chi connectivity index (χ0v) is 8.76. The van der Waals surface area contributed by atoms with E-state index < -0.39 is 0 Å². The Hall–Kier alpha value is -0.610. The van der Waals surface area contributed by atoms with Crippen molar-refractivity contribution < 1.29 is 4.79 Å². The van der Waals surface area contributed by atoms with E-state index in [4.69, 9.17) is 5.73 Å². The van der Waals surface area contributed by atoms with Crippen LogP contribution in [0.5, 0.6) is 0 Å². The maximum absolute atomic E-state index is 11.0. The van der Waals surface area contributed by atoms with Crippen LogP contribution in [0.25, 0.3) is 0 Å². The SMILES string of the molecule is CCC(C)NC(CN)CC(=O)NC. The van der Waals surface area contributed by atoms with Gasteiger partial charge in [-0.05, 0) is 13.3 Å². The van der Waals surface area contributed by atoms with E-state index in [0.29, 0.717) is 19.0 Å². The van der Waals surface area contributed by atoms with Crippen LogP contribution < -0.4 is 16.4 Å². The Morgan fingerprint density at radius 1 is 1.54 bits per heavy atom. The molecule has 0 aromatic heterocycles. The van der Waals surface area contributed by atoms with E-state index in [-0.39, 0.29) is 11.9 Å². The lowest BCUT2D eigenvalue weighted by Gasteiger charge is -2.20. The molecule has 0 aromatic rings. The van der Waals surface area contributed by atoms with Crippen molar-refractivity contribution in [3.8, 4) is 0 Å². The Morgan fingerprint density at radius 2 is 2.15 bits per heavy atom. The molecule has 0 saturated heterocycles. The third kappa shape index (κ3) is 5.60. The van der Waals surface area contributed by atoms with Crippen molar-refractivity contribution in [2.24, 2.45) is 5.73 Å². The van der Waals surface area contributed by atoms with Crippen molar-refractivity contribution in [2.75, 3.05) is 13.6 Å². The third-order valence-electron chi connectivity index (χ3n) is 2.13. The van der Waals surface area contributed by atoms with Crippen LogP contribution in [0.3, 0.4) is 0 Å². The Bertz CT molecular complexity index is 150. The molecule has 0 aliphatic heterocycles. The highest BCUT2D eigenvalue weighted by atomic mass is 16.1. The monoisotopic (exact) mass is 187 g/mol. The molecule has 13 heavy (non-hydrogen) atoms. The first-order chi connectivity index (χ1) is 6.13. The Kier molecular flexibility index (Phi) is 6.54. The summed E-state index contributed by atoms with van der Waals surface area (Å²) in [5.41, 5.74) is 5.54. The smallest absolute Gasteiger partial charge is 0.221 e. The zero-order valence-electron chi connectivity index (χ0n) is 8.76. The molecule has 0 aliphatic rings. The Morgan fingerprint density at radius 3 is 2.54 bits per heavy atom. The molecule has 78 valence electrons. The quantitative estimate of drug-likeness (QED) is 0.541. The molecule has 0 heterocycles. The average Bonchev–Trinajstić information content (AvgIpc) is 2.16. The standard InChI is InChI=1S/C9H21N3O/c1-4-7(2)12-8(6-10)5-9(13)11-3/h7-8,12H,4-6,10H2,1-3H3,(H,11,13). The molecule has 0 fully saturated rings. The van der Waals surface area contributed by atoms with Gasteiger partial charge in [0.2, 0.25) is 5.91 Å². The van der Waals surface area contributed by atoms with Crippen LogP contribution in [0.4, 0.5) is 0 Å². The average molecular weight is 187 g/mol. The summed E-state index contributed by atoms with van der Waals surface area (Å²) in [5.74, 6) is 0.0336. The molecular weight excluding hydrogens is 166 g/mol. The van der Waals surface area contributed by atoms with Gasteiger partial charge in [0.1, 0.15) is 0 Å². The lowest BCUT2D eigenvalue weighted by Crippen LogP contribution is -2.44. The lowest BCUT2D eigenvalue weighted by atomic mass is 10.1. The Labute approximate surface area is 80.3 Å². The fourth-order valence-corrected chi connectivity index (χ4v) is 1.06. The first-order valence-corrected chi connectivity index (χ1v) is 4.80. The van der Waals surface area contributed by atoms with Crippen LogP contribution in [-0.2, 0) is 4.79 Å². The molecule has 0 saturated carbocycles. The van der Waals surface area contributed by atoms with Crippen LogP contribution in [0.2, 0.25) is 0 Å². The van der Waals surface area contributed by atoms with Crippen molar-refractivity contribution in [3.05, 3.63) is 0 Å². The predicted molar refractivity (Wildman–Crippen MR) is 54.4 cm³/mol. The van der Waals surface area contributed by atoms with Gasteiger partial charge in [-0.3, -0.25) is 4.79 Å². The predicted octanol–water partition coefficient (Wildman–Crippen LogP) is -0.162. The molecule has 0 spiro atoms. The van der Waals surface area contributed by atoms with Crippen LogP contribution >= 0.6 is 0 Å². The Balaban J connectivity index is 3.81. The molecule has 0 aliphatic carbocycles. The summed E-state index contributed by atoms with van der Waals surface area (Å²) in [7, 11) is 1.64. The number of nitrogens with two attached hydrogens (primary N) is 1. The van der Waals surface area contributed by atoms with Gasteiger partial charge in [0.05, 0.1) is 0 Å². The molecule has 2 atom stereocenters. The summed E-state index contributed by atoms with van der Waals surface area (Å²) >= 11 is 0. The van der Waals surface area contributed by atoms with E-state index in [2.05, 4.69) is 24.5 Å². The van der Waals surface area contributed by atoms with Gasteiger partial charge in [0.25, 0.3) is 0 Å². The molecule has 0 aromatic carbocycles. The van der Waals surface area contributed by atoms with Gasteiger partial charge in [0, 0.05) is 32.1 Å². The topological polar surface area (TPSA) is 67.1 Å². The summed E-state index contributed by atoms with van der Waals surface area (Å²) < 4.78 is 0. The highest BCUT2D eigenvalue weighted by Gasteiger charge is 2.12. The number of hydrogen-bond donors (Lipinski definition) is 3. The molecule has 2 unspecified atom stereocenters. The number of amides is 1. The highest BCUT2D eigenvalue weighted by Crippen LogP contribution is 1.95. The van der Waals surface area contributed by atoms with Crippen LogP contribution in [-0.4, -0.2) is 31.6 Å². The normalized spacial score (nSPS) is 15.1. The molecule has 4 nitrogen and oxygen atoms in total. The van der Waals surface area contributed by atoms with E-state index in [1.165, 1.54) is 0 Å². The van der Waals surface area contributed by atoms with E-state index in [1.54, 1.807) is 7.05 Å². The fraction of sp³-hybridized carbons (Fsp3) is 0.889. The van der Waals surface area contributed by atoms with Crippen LogP contribution in [0, 0.1) is 0 Å². The van der Waals surface area contributed by atoms with E-state index in [9.17, 15) is 4.79 Å². The van der Waals surface area contributed by atoms with Crippen molar-refractivity contribution in [1.29, 1.82) is 0 Å². The van der Waals surface area contributed by atoms with Gasteiger partial charge in [-0.2, -0.15) is 0 Å². The number of carbonyl (C=O) groups excluding carboxylic acids is 1. The van der Waals surface area contributed by atoms with Crippen LogP contribution in [0.1, 0.15) is 26.7 Å². The molecule has 0 bridgehead atoms. The minimum atomic E-state index is 0.0336. The summed E-state index contributed by atoms with van der Waals surface area (Å²) in [4.78, 5) is 11.0. The summed E-state index contributed by atoms with van der Waals surface area (Å²) in [5, 5.41) is 5.88. The van der Waals surface area contributed by atoms with E-state index >= 15 is 0 Å². The lowest BCUT2D eigenvalue weighted by molar-refractivity contribution is -0.121. The van der Waals surface area contributed by atoms with Crippen molar-refractivity contribution in [3.63, 3.8) is 0 Å². The van der Waals surface area contributed by atoms with Gasteiger partial charge in [0.15, 0.2) is 0 Å². The minimum Gasteiger partial charge on any atom is -0.359 e. The minimum absolute atomic E-state index is 0.0336. The largest absolute Gasteiger partial charge is 0.359 e. The van der Waals surface area contributed by atoms with Crippen molar-refractivity contribution in [1.82, 2.24) is 10.6 Å². The number of carbonyl (C=O) groups is 1. The van der Waals surface area contributed by atoms with Gasteiger partial charge < -0.3 is 16.4 Å². The van der Waals surface area contributed by atoms with Crippen molar-refractivity contribution in [2.45, 2.75) is 38.8 Å². The third-order valence-corrected chi connectivity index (χ3v) is 2.13. The van der Waals surface area contributed by atoms with Gasteiger partial charge in [-0.1, -0.05) is 6.92 Å². The van der Waals surface area contributed by atoms with Gasteiger partial charge >= 0.3 is 0 Å². The van der Waals surface area contributed by atoms with E-state index in [0.717, 1.165) is 6.42 Å². The van der Waals surface area contributed by atoms with Gasteiger partial charge in [-0.15, -0.1) is 0 Å². The molecule has 0 rings (SSSR count). The number of nitrogens with one attached hydrogen (secondary N) is 2. The second kappa shape index (κ2) is 6.86. The number of rotatable bonds is 6. The van der Waals surface area contributed by atoms with E-state index in [1.807, 2.05) is 0 Å². The second-order valence-electron chi connectivity index (χ2n) is 3.29. The summed E-state index contributed by atoms with van der Waals surface area (Å²) in [6, 6.07) is 0.508. The fourth-order valence-electron chi connectivity index (χ4n) is 1.06. The molecule has 4 N–H and O–H groups in total. The molecule has 1 amide bonds. The highest BCUT2D eigenvalue weighted by molar-refractivity contribution is 5.76. The molecule has 0 radical (unpaired) electrons. The maximum Gasteiger partial charge on any atom is 0.221 e. The van der Waals surface area contributed by atoms with Gasteiger partial charge in [-0.25, -0.2) is 0 Å². The summed E-state index contributed by atoms with van der Waals surface area (Å²) in [6.45, 7) is 4.69. The zero-order chi connectivity index (χ0) is 10.3. The van der Waals surface area contributed by atoms with Crippen molar-refractivity contribution >= 4 is 5.91 Å². The first kappa shape index (κ1) is 12.4. The maximum atomic E-state index is 11.0. The molecular formula is C9H21N3O. The molecule has 4 heteroatoms.